The van der Waals surface area contributed by atoms with Crippen LogP contribution >= 0.6 is 11.6 Å². The summed E-state index contributed by atoms with van der Waals surface area (Å²) in [6, 6.07) is 5.23. The molecule has 0 heterocycles. The fraction of sp³-hybridized carbons (Fsp3) is 0.417. The fourth-order valence-electron chi connectivity index (χ4n) is 2.01. The zero-order valence-corrected chi connectivity index (χ0v) is 9.92. The third-order valence-corrected chi connectivity index (χ3v) is 3.20. The molecule has 0 aromatic heterocycles. The van der Waals surface area contributed by atoms with E-state index in [0.717, 1.165) is 12.8 Å². The highest BCUT2D eigenvalue weighted by molar-refractivity contribution is 6.31. The van der Waals surface area contributed by atoms with E-state index in [2.05, 4.69) is 12.2 Å². The number of hydrogen-bond donors (Lipinski definition) is 2. The van der Waals surface area contributed by atoms with Crippen LogP contribution in [0.4, 0.5) is 5.69 Å². The lowest BCUT2D eigenvalue weighted by Gasteiger charge is -2.33. The maximum absolute atomic E-state index is 11.9. The van der Waals surface area contributed by atoms with Crippen LogP contribution in [-0.2, 0) is 0 Å². The summed E-state index contributed by atoms with van der Waals surface area (Å²) in [4.78, 5) is 11.9. The van der Waals surface area contributed by atoms with Gasteiger partial charge < -0.3 is 11.1 Å². The Morgan fingerprint density at radius 1 is 1.50 bits per heavy atom. The highest BCUT2D eigenvalue weighted by Crippen LogP contribution is 2.27. The number of nitrogen functional groups attached to an aromatic ring is 1. The van der Waals surface area contributed by atoms with Crippen LogP contribution in [0.25, 0.3) is 0 Å². The Labute approximate surface area is 100.0 Å². The summed E-state index contributed by atoms with van der Waals surface area (Å²) in [5.74, 6) is 0.582. The molecule has 1 aliphatic carbocycles. The van der Waals surface area contributed by atoms with Gasteiger partial charge in [0.1, 0.15) is 0 Å². The van der Waals surface area contributed by atoms with E-state index in [-0.39, 0.29) is 5.91 Å². The molecule has 0 unspecified atom stereocenters. The molecule has 1 aromatic rings. The molecule has 2 rings (SSSR count). The Balaban J connectivity index is 2.05. The Bertz CT molecular complexity index is 413. The summed E-state index contributed by atoms with van der Waals surface area (Å²) in [6.07, 6.45) is 2.10. The number of carbonyl (C=O) groups is 1. The van der Waals surface area contributed by atoms with Gasteiger partial charge in [0.05, 0.1) is 5.56 Å². The SMILES string of the molecule is CC1CC(NC(=O)c2cc(Cl)ccc2N)C1. The largest absolute Gasteiger partial charge is 0.398 e. The van der Waals surface area contributed by atoms with Crippen LogP contribution in [0.5, 0.6) is 0 Å². The monoisotopic (exact) mass is 238 g/mol. The van der Waals surface area contributed by atoms with Crippen LogP contribution in [0, 0.1) is 5.92 Å². The van der Waals surface area contributed by atoms with Crippen LogP contribution in [-0.4, -0.2) is 11.9 Å². The smallest absolute Gasteiger partial charge is 0.253 e. The topological polar surface area (TPSA) is 55.1 Å². The van der Waals surface area contributed by atoms with Gasteiger partial charge in [0.25, 0.3) is 5.91 Å². The first-order valence-electron chi connectivity index (χ1n) is 5.42. The predicted octanol–water partition coefficient (Wildman–Crippen LogP) is 2.45. The molecule has 1 saturated carbocycles. The van der Waals surface area contributed by atoms with Gasteiger partial charge in [-0.3, -0.25) is 4.79 Å². The van der Waals surface area contributed by atoms with E-state index in [4.69, 9.17) is 17.3 Å². The van der Waals surface area contributed by atoms with Crippen LogP contribution in [0.3, 0.4) is 0 Å². The number of benzene rings is 1. The summed E-state index contributed by atoms with van der Waals surface area (Å²) in [5.41, 5.74) is 6.67. The number of rotatable bonds is 2. The second-order valence-corrected chi connectivity index (χ2v) is 4.91. The summed E-state index contributed by atoms with van der Waals surface area (Å²) < 4.78 is 0. The predicted molar refractivity (Wildman–Crippen MR) is 65.5 cm³/mol. The van der Waals surface area contributed by atoms with Crippen molar-refractivity contribution >= 4 is 23.2 Å². The Kier molecular flexibility index (Phi) is 3.06. The van der Waals surface area contributed by atoms with E-state index in [9.17, 15) is 4.79 Å². The van der Waals surface area contributed by atoms with E-state index in [1.54, 1.807) is 18.2 Å². The highest BCUT2D eigenvalue weighted by Gasteiger charge is 2.27. The van der Waals surface area contributed by atoms with Gasteiger partial charge in [0.15, 0.2) is 0 Å². The van der Waals surface area contributed by atoms with E-state index in [0.29, 0.717) is 28.2 Å². The Morgan fingerprint density at radius 2 is 2.19 bits per heavy atom. The van der Waals surface area contributed by atoms with Crippen molar-refractivity contribution in [2.24, 2.45) is 5.92 Å². The number of carbonyl (C=O) groups excluding carboxylic acids is 1. The van der Waals surface area contributed by atoms with Crippen LogP contribution in [0.1, 0.15) is 30.1 Å². The van der Waals surface area contributed by atoms with Crippen molar-refractivity contribution < 1.29 is 4.79 Å². The third-order valence-electron chi connectivity index (χ3n) is 2.97. The normalized spacial score (nSPS) is 23.6. The molecule has 0 bridgehead atoms. The van der Waals surface area contributed by atoms with Crippen molar-refractivity contribution in [3.63, 3.8) is 0 Å². The summed E-state index contributed by atoms with van der Waals surface area (Å²) in [7, 11) is 0. The molecule has 0 atom stereocenters. The van der Waals surface area contributed by atoms with Gasteiger partial charge in [0, 0.05) is 16.8 Å². The van der Waals surface area contributed by atoms with Crippen molar-refractivity contribution in [1.29, 1.82) is 0 Å². The molecule has 1 fully saturated rings. The van der Waals surface area contributed by atoms with Crippen LogP contribution < -0.4 is 11.1 Å². The molecule has 3 nitrogen and oxygen atoms in total. The Hall–Kier alpha value is -1.22. The molecule has 3 N–H and O–H groups in total. The van der Waals surface area contributed by atoms with Crippen LogP contribution in [0.2, 0.25) is 5.02 Å². The maximum atomic E-state index is 11.9. The number of nitrogens with two attached hydrogens (primary N) is 1. The lowest BCUT2D eigenvalue weighted by Crippen LogP contribution is -2.43. The number of nitrogens with one attached hydrogen (secondary N) is 1. The first kappa shape index (κ1) is 11.3. The van der Waals surface area contributed by atoms with Crippen molar-refractivity contribution in [3.05, 3.63) is 28.8 Å². The molecular formula is C12H15ClN2O. The van der Waals surface area contributed by atoms with Crippen LogP contribution in [0.15, 0.2) is 18.2 Å². The highest BCUT2D eigenvalue weighted by atomic mass is 35.5. The van der Waals surface area contributed by atoms with Gasteiger partial charge >= 0.3 is 0 Å². The maximum Gasteiger partial charge on any atom is 0.253 e. The lowest BCUT2D eigenvalue weighted by molar-refractivity contribution is 0.0897. The molecule has 1 aromatic carbocycles. The van der Waals surface area contributed by atoms with Gasteiger partial charge in [-0.05, 0) is 37.0 Å². The molecule has 16 heavy (non-hydrogen) atoms. The molecule has 0 radical (unpaired) electrons. The molecular weight excluding hydrogens is 224 g/mol. The van der Waals surface area contributed by atoms with Crippen molar-refractivity contribution in [1.82, 2.24) is 5.32 Å². The minimum Gasteiger partial charge on any atom is -0.398 e. The number of amides is 1. The number of anilines is 1. The number of halogens is 1. The number of hydrogen-bond acceptors (Lipinski definition) is 2. The molecule has 0 aliphatic heterocycles. The Morgan fingerprint density at radius 3 is 2.81 bits per heavy atom. The lowest BCUT2D eigenvalue weighted by atomic mass is 9.82. The van der Waals surface area contributed by atoms with E-state index in [1.807, 2.05) is 0 Å². The van der Waals surface area contributed by atoms with Crippen molar-refractivity contribution in [3.8, 4) is 0 Å². The molecule has 1 amide bonds. The first-order chi connectivity index (χ1) is 7.56. The fourth-order valence-corrected chi connectivity index (χ4v) is 2.18. The first-order valence-corrected chi connectivity index (χ1v) is 5.80. The minimum absolute atomic E-state index is 0.128. The second-order valence-electron chi connectivity index (χ2n) is 4.48. The van der Waals surface area contributed by atoms with Crippen molar-refractivity contribution in [2.45, 2.75) is 25.8 Å². The molecule has 86 valence electrons. The molecule has 0 spiro atoms. The zero-order valence-electron chi connectivity index (χ0n) is 9.16. The van der Waals surface area contributed by atoms with Crippen molar-refractivity contribution in [2.75, 3.05) is 5.73 Å². The third kappa shape index (κ3) is 2.30. The second kappa shape index (κ2) is 4.34. The summed E-state index contributed by atoms with van der Waals surface area (Å²) in [5, 5.41) is 3.48. The zero-order chi connectivity index (χ0) is 11.7. The summed E-state index contributed by atoms with van der Waals surface area (Å²) >= 11 is 5.83. The standard InChI is InChI=1S/C12H15ClN2O/c1-7-4-9(5-7)15-12(16)10-6-8(13)2-3-11(10)14/h2-3,6-7,9H,4-5,14H2,1H3,(H,15,16). The van der Waals surface area contributed by atoms with Gasteiger partial charge in [-0.2, -0.15) is 0 Å². The summed E-state index contributed by atoms with van der Waals surface area (Å²) in [6.45, 7) is 2.18. The van der Waals surface area contributed by atoms with Gasteiger partial charge in [-0.25, -0.2) is 0 Å². The van der Waals surface area contributed by atoms with Gasteiger partial charge in [0.2, 0.25) is 0 Å². The quantitative estimate of drug-likeness (QED) is 0.778. The van der Waals surface area contributed by atoms with E-state index < -0.39 is 0 Å². The average Bonchev–Trinajstić information content (AvgIpc) is 2.19. The molecule has 4 heteroatoms. The van der Waals surface area contributed by atoms with Gasteiger partial charge in [-0.15, -0.1) is 0 Å². The average molecular weight is 239 g/mol. The van der Waals surface area contributed by atoms with E-state index in [1.165, 1.54) is 0 Å². The van der Waals surface area contributed by atoms with Gasteiger partial charge in [-0.1, -0.05) is 18.5 Å². The van der Waals surface area contributed by atoms with E-state index >= 15 is 0 Å². The molecule has 1 aliphatic rings. The molecule has 0 saturated heterocycles. The minimum atomic E-state index is -0.128.